The lowest BCUT2D eigenvalue weighted by atomic mass is 10.1. The number of pyridine rings is 1. The summed E-state index contributed by atoms with van der Waals surface area (Å²) in [5.41, 5.74) is 2.34. The molecule has 3 heteroatoms. The molecular weight excluding hydrogens is 210 g/mol. The predicted octanol–water partition coefficient (Wildman–Crippen LogP) is 2.99. The molecule has 0 saturated carbocycles. The largest absolute Gasteiger partial charge is 0.373 e. The molecule has 0 saturated heterocycles. The molecule has 0 amide bonds. The molecule has 1 rings (SSSR count). The Morgan fingerprint density at radius 1 is 1.29 bits per heavy atom. The quantitative estimate of drug-likeness (QED) is 0.787. The van der Waals surface area contributed by atoms with Gasteiger partial charge >= 0.3 is 0 Å². The topological polar surface area (TPSA) is 28.2 Å². The van der Waals surface area contributed by atoms with Crippen molar-refractivity contribution < 1.29 is 0 Å². The molecular formula is C14H25N3. The van der Waals surface area contributed by atoms with E-state index in [0.717, 1.165) is 31.6 Å². The Morgan fingerprint density at radius 3 is 2.53 bits per heavy atom. The summed E-state index contributed by atoms with van der Waals surface area (Å²) < 4.78 is 0. The smallest absolute Gasteiger partial charge is 0.0574 e. The van der Waals surface area contributed by atoms with Crippen molar-refractivity contribution in [3.63, 3.8) is 0 Å². The first-order valence-electron chi connectivity index (χ1n) is 6.63. The minimum absolute atomic E-state index is 0.380. The zero-order chi connectivity index (χ0) is 12.7. The maximum absolute atomic E-state index is 4.57. The highest BCUT2D eigenvalue weighted by Crippen LogP contribution is 2.17. The molecule has 96 valence electrons. The Morgan fingerprint density at radius 2 is 2.06 bits per heavy atom. The van der Waals surface area contributed by atoms with Crippen LogP contribution >= 0.6 is 0 Å². The van der Waals surface area contributed by atoms with E-state index in [1.165, 1.54) is 5.69 Å². The fraction of sp³-hybridized carbons (Fsp3) is 0.643. The number of hydrogen-bond donors (Lipinski definition) is 1. The Hall–Kier alpha value is -1.09. The van der Waals surface area contributed by atoms with E-state index in [-0.39, 0.29) is 0 Å². The van der Waals surface area contributed by atoms with Crippen LogP contribution in [0.4, 0.5) is 5.69 Å². The van der Waals surface area contributed by atoms with Gasteiger partial charge in [0, 0.05) is 19.6 Å². The maximum Gasteiger partial charge on any atom is 0.0574 e. The third kappa shape index (κ3) is 4.00. The molecule has 1 unspecified atom stereocenters. The normalized spacial score (nSPS) is 12.5. The van der Waals surface area contributed by atoms with Crippen LogP contribution in [0.1, 0.15) is 45.3 Å². The van der Waals surface area contributed by atoms with Crippen molar-refractivity contribution in [2.45, 2.75) is 39.7 Å². The van der Waals surface area contributed by atoms with Crippen LogP contribution in [-0.2, 0) is 0 Å². The van der Waals surface area contributed by atoms with Gasteiger partial charge in [0.15, 0.2) is 0 Å². The molecule has 0 aliphatic carbocycles. The molecule has 0 fully saturated rings. The number of hydrogen-bond acceptors (Lipinski definition) is 3. The highest BCUT2D eigenvalue weighted by atomic mass is 15.1. The van der Waals surface area contributed by atoms with Crippen molar-refractivity contribution in [2.75, 3.05) is 25.0 Å². The fourth-order valence-corrected chi connectivity index (χ4v) is 2.00. The fourth-order valence-electron chi connectivity index (χ4n) is 2.00. The molecule has 0 bridgehead atoms. The molecule has 1 N–H and O–H groups in total. The van der Waals surface area contributed by atoms with Crippen molar-refractivity contribution >= 4 is 5.69 Å². The van der Waals surface area contributed by atoms with E-state index < -0.39 is 0 Å². The zero-order valence-corrected chi connectivity index (χ0v) is 11.5. The highest BCUT2D eigenvalue weighted by molar-refractivity contribution is 5.43. The SMILES string of the molecule is CCCN(C)c1ccc(C(CC)NCC)nc1. The molecule has 0 aromatic carbocycles. The molecule has 3 nitrogen and oxygen atoms in total. The number of rotatable bonds is 7. The van der Waals surface area contributed by atoms with E-state index >= 15 is 0 Å². The van der Waals surface area contributed by atoms with Crippen molar-refractivity contribution in [1.82, 2.24) is 10.3 Å². The van der Waals surface area contributed by atoms with Gasteiger partial charge < -0.3 is 10.2 Å². The monoisotopic (exact) mass is 235 g/mol. The van der Waals surface area contributed by atoms with Crippen LogP contribution in [0.15, 0.2) is 18.3 Å². The summed E-state index contributed by atoms with van der Waals surface area (Å²) in [6.45, 7) is 8.57. The van der Waals surface area contributed by atoms with E-state index in [9.17, 15) is 0 Å². The number of anilines is 1. The van der Waals surface area contributed by atoms with Gasteiger partial charge in [0.05, 0.1) is 17.6 Å². The van der Waals surface area contributed by atoms with Crippen LogP contribution < -0.4 is 10.2 Å². The first kappa shape index (κ1) is 14.0. The minimum Gasteiger partial charge on any atom is -0.373 e. The molecule has 1 aromatic rings. The van der Waals surface area contributed by atoms with Crippen LogP contribution in [0, 0.1) is 0 Å². The van der Waals surface area contributed by atoms with E-state index in [0.29, 0.717) is 6.04 Å². The van der Waals surface area contributed by atoms with Gasteiger partial charge in [-0.2, -0.15) is 0 Å². The van der Waals surface area contributed by atoms with Crippen LogP contribution in [0.5, 0.6) is 0 Å². The Kier molecular flexibility index (Phi) is 5.98. The first-order chi connectivity index (χ1) is 8.22. The van der Waals surface area contributed by atoms with Gasteiger partial charge in [-0.3, -0.25) is 4.98 Å². The lowest BCUT2D eigenvalue weighted by molar-refractivity contribution is 0.525. The van der Waals surface area contributed by atoms with Gasteiger partial charge in [-0.05, 0) is 31.5 Å². The minimum atomic E-state index is 0.380. The van der Waals surface area contributed by atoms with E-state index in [4.69, 9.17) is 0 Å². The number of nitrogens with zero attached hydrogens (tertiary/aromatic N) is 2. The Balaban J connectivity index is 2.72. The van der Waals surface area contributed by atoms with Crippen LogP contribution in [0.2, 0.25) is 0 Å². The summed E-state index contributed by atoms with van der Waals surface area (Å²) in [5, 5.41) is 3.45. The molecule has 0 aliphatic heterocycles. The molecule has 0 aliphatic rings. The van der Waals surface area contributed by atoms with Gasteiger partial charge in [-0.25, -0.2) is 0 Å². The van der Waals surface area contributed by atoms with Crippen molar-refractivity contribution in [3.05, 3.63) is 24.0 Å². The average Bonchev–Trinajstić information content (AvgIpc) is 2.36. The summed E-state index contributed by atoms with van der Waals surface area (Å²) in [4.78, 5) is 6.81. The van der Waals surface area contributed by atoms with Gasteiger partial charge in [0.25, 0.3) is 0 Å². The number of nitrogens with one attached hydrogen (secondary N) is 1. The zero-order valence-electron chi connectivity index (χ0n) is 11.5. The van der Waals surface area contributed by atoms with Gasteiger partial charge in [0.1, 0.15) is 0 Å². The summed E-state index contributed by atoms with van der Waals surface area (Å²) in [6.07, 6.45) is 4.21. The van der Waals surface area contributed by atoms with E-state index in [1.54, 1.807) is 0 Å². The van der Waals surface area contributed by atoms with E-state index in [1.807, 2.05) is 6.20 Å². The molecule has 1 heterocycles. The molecule has 0 radical (unpaired) electrons. The number of aromatic nitrogens is 1. The average molecular weight is 235 g/mol. The van der Waals surface area contributed by atoms with Crippen molar-refractivity contribution in [3.8, 4) is 0 Å². The third-order valence-corrected chi connectivity index (χ3v) is 2.99. The van der Waals surface area contributed by atoms with Gasteiger partial charge in [0.2, 0.25) is 0 Å². The highest BCUT2D eigenvalue weighted by Gasteiger charge is 2.09. The summed E-state index contributed by atoms with van der Waals surface area (Å²) in [5.74, 6) is 0. The second-order valence-corrected chi connectivity index (χ2v) is 4.38. The van der Waals surface area contributed by atoms with Gasteiger partial charge in [-0.1, -0.05) is 20.8 Å². The molecule has 1 aromatic heterocycles. The second kappa shape index (κ2) is 7.28. The second-order valence-electron chi connectivity index (χ2n) is 4.38. The van der Waals surface area contributed by atoms with Crippen LogP contribution in [0.25, 0.3) is 0 Å². The summed E-state index contributed by atoms with van der Waals surface area (Å²) >= 11 is 0. The third-order valence-electron chi connectivity index (χ3n) is 2.99. The Labute approximate surface area is 105 Å². The lowest BCUT2D eigenvalue weighted by Crippen LogP contribution is -2.22. The van der Waals surface area contributed by atoms with Crippen LogP contribution in [0.3, 0.4) is 0 Å². The molecule has 17 heavy (non-hydrogen) atoms. The molecule has 1 atom stereocenters. The lowest BCUT2D eigenvalue weighted by Gasteiger charge is -2.20. The molecule has 0 spiro atoms. The standard InChI is InChI=1S/C14H25N3/c1-5-10-17(4)12-8-9-14(16-11-12)13(6-2)15-7-3/h8-9,11,13,15H,5-7,10H2,1-4H3. The first-order valence-corrected chi connectivity index (χ1v) is 6.63. The predicted molar refractivity (Wildman–Crippen MR) is 74.5 cm³/mol. The maximum atomic E-state index is 4.57. The summed E-state index contributed by atoms with van der Waals surface area (Å²) in [6, 6.07) is 4.68. The van der Waals surface area contributed by atoms with Gasteiger partial charge in [-0.15, -0.1) is 0 Å². The van der Waals surface area contributed by atoms with Crippen LogP contribution in [-0.4, -0.2) is 25.1 Å². The van der Waals surface area contributed by atoms with E-state index in [2.05, 4.69) is 55.2 Å². The summed E-state index contributed by atoms with van der Waals surface area (Å²) in [7, 11) is 2.11. The van der Waals surface area contributed by atoms with Crippen molar-refractivity contribution in [2.24, 2.45) is 0 Å². The van der Waals surface area contributed by atoms with Crippen molar-refractivity contribution in [1.29, 1.82) is 0 Å². The Bertz CT molecular complexity index is 308.